The van der Waals surface area contributed by atoms with Gasteiger partial charge in [-0.05, 0) is 49.8 Å². The topological polar surface area (TPSA) is 40.6 Å². The Morgan fingerprint density at radius 3 is 2.57 bits per heavy atom. The van der Waals surface area contributed by atoms with Crippen molar-refractivity contribution in [1.82, 2.24) is 9.80 Å². The average molecular weight is 314 g/mol. The molecule has 0 radical (unpaired) electrons. The molecule has 2 fully saturated rings. The number of nitrogens with zero attached hydrogens (tertiary/aromatic N) is 2. The van der Waals surface area contributed by atoms with E-state index in [1.165, 1.54) is 5.56 Å². The van der Waals surface area contributed by atoms with Crippen LogP contribution in [0.5, 0.6) is 0 Å². The molecule has 2 amide bonds. The number of likely N-dealkylation sites (N-methyl/N-ethyl adjacent to an activating group) is 1. The molecule has 1 aromatic rings. The molecule has 0 saturated carbocycles. The number of likely N-dealkylation sites (tertiary alicyclic amines) is 2. The molecule has 2 aliphatic rings. The fourth-order valence-electron chi connectivity index (χ4n) is 4.00. The summed E-state index contributed by atoms with van der Waals surface area (Å²) in [6, 6.07) is 7.92. The van der Waals surface area contributed by atoms with Crippen LogP contribution in [0.4, 0.5) is 0 Å². The first-order valence-corrected chi connectivity index (χ1v) is 8.70. The zero-order valence-corrected chi connectivity index (χ0v) is 14.2. The Kier molecular flexibility index (Phi) is 4.42. The van der Waals surface area contributed by atoms with E-state index in [2.05, 4.69) is 6.92 Å². The van der Waals surface area contributed by atoms with E-state index in [0.29, 0.717) is 13.0 Å². The van der Waals surface area contributed by atoms with Gasteiger partial charge in [0, 0.05) is 32.1 Å². The van der Waals surface area contributed by atoms with Gasteiger partial charge in [-0.3, -0.25) is 9.59 Å². The SMILES string of the molecule is CCc1ccc(C(=O)N2CCC[C@]3(CCCC(=O)N3C)C2)cc1. The number of amides is 2. The molecule has 1 spiro atoms. The second-order valence-corrected chi connectivity index (χ2v) is 6.91. The Hall–Kier alpha value is -1.84. The van der Waals surface area contributed by atoms with Crippen LogP contribution in [0.15, 0.2) is 24.3 Å². The lowest BCUT2D eigenvalue weighted by Gasteiger charge is -2.50. The number of hydrogen-bond donors (Lipinski definition) is 0. The van der Waals surface area contributed by atoms with Gasteiger partial charge < -0.3 is 9.80 Å². The Labute approximate surface area is 138 Å². The number of rotatable bonds is 2. The second-order valence-electron chi connectivity index (χ2n) is 6.91. The largest absolute Gasteiger partial charge is 0.338 e. The molecule has 0 unspecified atom stereocenters. The van der Waals surface area contributed by atoms with Crippen molar-refractivity contribution in [2.75, 3.05) is 20.1 Å². The third-order valence-corrected chi connectivity index (χ3v) is 5.57. The van der Waals surface area contributed by atoms with Gasteiger partial charge in [-0.1, -0.05) is 19.1 Å². The summed E-state index contributed by atoms with van der Waals surface area (Å²) in [4.78, 5) is 28.8. The van der Waals surface area contributed by atoms with Gasteiger partial charge in [0.2, 0.25) is 5.91 Å². The van der Waals surface area contributed by atoms with Gasteiger partial charge in [0.1, 0.15) is 0 Å². The highest BCUT2D eigenvalue weighted by Crippen LogP contribution is 2.36. The van der Waals surface area contributed by atoms with Crippen molar-refractivity contribution in [2.24, 2.45) is 0 Å². The second kappa shape index (κ2) is 6.34. The molecule has 0 N–H and O–H groups in total. The van der Waals surface area contributed by atoms with Gasteiger partial charge in [-0.2, -0.15) is 0 Å². The zero-order valence-electron chi connectivity index (χ0n) is 14.2. The number of carbonyl (C=O) groups is 2. The number of hydrogen-bond acceptors (Lipinski definition) is 2. The molecule has 2 heterocycles. The van der Waals surface area contributed by atoms with Crippen LogP contribution in [0.2, 0.25) is 0 Å². The maximum atomic E-state index is 12.8. The molecule has 0 bridgehead atoms. The molecule has 0 aliphatic carbocycles. The first kappa shape index (κ1) is 16.0. The molecule has 124 valence electrons. The van der Waals surface area contributed by atoms with E-state index >= 15 is 0 Å². The predicted octanol–water partition coefficient (Wildman–Crippen LogP) is 2.87. The highest BCUT2D eigenvalue weighted by atomic mass is 16.2. The molecule has 2 saturated heterocycles. The van der Waals surface area contributed by atoms with Crippen molar-refractivity contribution in [2.45, 2.75) is 51.0 Å². The van der Waals surface area contributed by atoms with E-state index in [-0.39, 0.29) is 17.4 Å². The Morgan fingerprint density at radius 1 is 1.17 bits per heavy atom. The monoisotopic (exact) mass is 314 g/mol. The summed E-state index contributed by atoms with van der Waals surface area (Å²) in [5.41, 5.74) is 1.85. The summed E-state index contributed by atoms with van der Waals surface area (Å²) in [6.07, 6.45) is 5.55. The minimum atomic E-state index is -0.146. The molecule has 0 aromatic heterocycles. The standard InChI is InChI=1S/C19H26N2O2/c1-3-15-7-9-16(10-8-15)18(23)21-13-5-12-19(14-21)11-4-6-17(22)20(19)2/h7-10H,3-6,11-14H2,1-2H3/t19-/m1/s1. The maximum absolute atomic E-state index is 12.8. The van der Waals surface area contributed by atoms with E-state index in [1.54, 1.807) is 0 Å². The smallest absolute Gasteiger partial charge is 0.253 e. The van der Waals surface area contributed by atoms with Crippen molar-refractivity contribution in [3.8, 4) is 0 Å². The molecule has 3 rings (SSSR count). The van der Waals surface area contributed by atoms with E-state index < -0.39 is 0 Å². The molecule has 4 nitrogen and oxygen atoms in total. The van der Waals surface area contributed by atoms with Crippen molar-refractivity contribution >= 4 is 11.8 Å². The van der Waals surface area contributed by atoms with E-state index in [9.17, 15) is 9.59 Å². The lowest BCUT2D eigenvalue weighted by Crippen LogP contribution is -2.61. The first-order valence-electron chi connectivity index (χ1n) is 8.70. The molecule has 1 atom stereocenters. The fourth-order valence-corrected chi connectivity index (χ4v) is 4.00. The highest BCUT2D eigenvalue weighted by Gasteiger charge is 2.44. The predicted molar refractivity (Wildman–Crippen MR) is 90.3 cm³/mol. The van der Waals surface area contributed by atoms with Crippen molar-refractivity contribution in [1.29, 1.82) is 0 Å². The zero-order chi connectivity index (χ0) is 16.4. The van der Waals surface area contributed by atoms with E-state index in [0.717, 1.165) is 44.2 Å². The van der Waals surface area contributed by atoms with Crippen LogP contribution >= 0.6 is 0 Å². The quantitative estimate of drug-likeness (QED) is 0.842. The fraction of sp³-hybridized carbons (Fsp3) is 0.579. The van der Waals surface area contributed by atoms with Gasteiger partial charge >= 0.3 is 0 Å². The Morgan fingerprint density at radius 2 is 1.87 bits per heavy atom. The molecular formula is C19H26N2O2. The van der Waals surface area contributed by atoms with Crippen LogP contribution in [0, 0.1) is 0 Å². The molecule has 1 aromatic carbocycles. The summed E-state index contributed by atoms with van der Waals surface area (Å²) in [5.74, 6) is 0.316. The van der Waals surface area contributed by atoms with Crippen LogP contribution in [-0.2, 0) is 11.2 Å². The highest BCUT2D eigenvalue weighted by molar-refractivity contribution is 5.94. The van der Waals surface area contributed by atoms with Gasteiger partial charge in [0.25, 0.3) is 5.91 Å². The summed E-state index contributed by atoms with van der Waals surface area (Å²) >= 11 is 0. The van der Waals surface area contributed by atoms with Crippen LogP contribution in [0.3, 0.4) is 0 Å². The van der Waals surface area contributed by atoms with Crippen LogP contribution < -0.4 is 0 Å². The molecule has 4 heteroatoms. The number of piperidine rings is 2. The number of benzene rings is 1. The van der Waals surface area contributed by atoms with Crippen molar-refractivity contribution in [3.63, 3.8) is 0 Å². The van der Waals surface area contributed by atoms with Crippen LogP contribution in [-0.4, -0.2) is 47.3 Å². The molecule has 23 heavy (non-hydrogen) atoms. The molecule has 2 aliphatic heterocycles. The van der Waals surface area contributed by atoms with Crippen LogP contribution in [0.1, 0.15) is 54.9 Å². The number of carbonyl (C=O) groups excluding carboxylic acids is 2. The maximum Gasteiger partial charge on any atom is 0.253 e. The van der Waals surface area contributed by atoms with Crippen molar-refractivity contribution < 1.29 is 9.59 Å². The lowest BCUT2D eigenvalue weighted by atomic mass is 9.80. The summed E-state index contributed by atoms with van der Waals surface area (Å²) in [7, 11) is 1.91. The average Bonchev–Trinajstić information content (AvgIpc) is 2.59. The lowest BCUT2D eigenvalue weighted by molar-refractivity contribution is -0.142. The Balaban J connectivity index is 1.77. The van der Waals surface area contributed by atoms with Gasteiger partial charge in [-0.15, -0.1) is 0 Å². The first-order chi connectivity index (χ1) is 11.1. The van der Waals surface area contributed by atoms with Gasteiger partial charge in [-0.25, -0.2) is 0 Å². The third-order valence-electron chi connectivity index (χ3n) is 5.57. The van der Waals surface area contributed by atoms with E-state index in [1.807, 2.05) is 41.1 Å². The minimum Gasteiger partial charge on any atom is -0.338 e. The van der Waals surface area contributed by atoms with Gasteiger partial charge in [0.15, 0.2) is 0 Å². The van der Waals surface area contributed by atoms with Crippen molar-refractivity contribution in [3.05, 3.63) is 35.4 Å². The molecular weight excluding hydrogens is 288 g/mol. The van der Waals surface area contributed by atoms with Gasteiger partial charge in [0.05, 0.1) is 5.54 Å². The minimum absolute atomic E-state index is 0.0955. The summed E-state index contributed by atoms with van der Waals surface area (Å²) in [6.45, 7) is 3.57. The normalized spacial score (nSPS) is 25.0. The Bertz CT molecular complexity index is 592. The number of aryl methyl sites for hydroxylation is 1. The van der Waals surface area contributed by atoms with Crippen LogP contribution in [0.25, 0.3) is 0 Å². The third kappa shape index (κ3) is 2.99. The summed E-state index contributed by atoms with van der Waals surface area (Å²) < 4.78 is 0. The summed E-state index contributed by atoms with van der Waals surface area (Å²) in [5, 5.41) is 0. The van der Waals surface area contributed by atoms with E-state index in [4.69, 9.17) is 0 Å².